The Labute approximate surface area is 157 Å². The van der Waals surface area contributed by atoms with Gasteiger partial charge in [0.1, 0.15) is 4.70 Å². The molecule has 1 heterocycles. The Bertz CT molecular complexity index is 831. The number of halogens is 1. The molecule has 0 saturated carbocycles. The number of aromatic nitrogens is 1. The average Bonchev–Trinajstić information content (AvgIpc) is 2.87. The average molecular weight is 404 g/mol. The maximum Gasteiger partial charge on any atom is 0.262 e. The van der Waals surface area contributed by atoms with Gasteiger partial charge in [-0.3, -0.25) is 0 Å². The Balaban J connectivity index is 2.15. The van der Waals surface area contributed by atoms with Gasteiger partial charge >= 0.3 is 0 Å². The van der Waals surface area contributed by atoms with Crippen molar-refractivity contribution in [3.05, 3.63) is 34.3 Å². The monoisotopic (exact) mass is 403 g/mol. The van der Waals surface area contributed by atoms with Gasteiger partial charge in [-0.2, -0.15) is 4.57 Å². The normalized spacial score (nSPS) is 12.4. The van der Waals surface area contributed by atoms with Crippen LogP contribution in [0.5, 0.6) is 0 Å². The van der Waals surface area contributed by atoms with Crippen LogP contribution in [0.15, 0.2) is 24.3 Å². The summed E-state index contributed by atoms with van der Waals surface area (Å²) in [5.41, 5.74) is 1.02. The lowest BCUT2D eigenvalue weighted by atomic mass is 10.3. The number of nitrogens with zero attached hydrogens (tertiary/aromatic N) is 1. The maximum atomic E-state index is 10.7. The molecule has 0 radical (unpaired) electrons. The van der Waals surface area contributed by atoms with E-state index in [0.717, 1.165) is 21.6 Å². The number of hydrogen-bond donors (Lipinski definition) is 0. The fraction of sp³-hybridized carbons (Fsp3) is 0.471. The first-order valence-corrected chi connectivity index (χ1v) is 11.0. The summed E-state index contributed by atoms with van der Waals surface area (Å²) in [6.45, 7) is 4.00. The summed E-state index contributed by atoms with van der Waals surface area (Å²) in [5, 5.41) is 1.73. The smallest absolute Gasteiger partial charge is 0.262 e. The molecule has 25 heavy (non-hydrogen) atoms. The van der Waals surface area contributed by atoms with Crippen molar-refractivity contribution in [1.82, 2.24) is 0 Å². The number of thiazole rings is 1. The van der Waals surface area contributed by atoms with E-state index in [9.17, 15) is 13.0 Å². The summed E-state index contributed by atoms with van der Waals surface area (Å²) in [6, 6.07) is 5.76. The highest BCUT2D eigenvalue weighted by atomic mass is 35.5. The van der Waals surface area contributed by atoms with Gasteiger partial charge in [-0.05, 0) is 31.9 Å². The van der Waals surface area contributed by atoms with E-state index in [1.165, 1.54) is 0 Å². The van der Waals surface area contributed by atoms with E-state index in [-0.39, 0.29) is 5.75 Å². The van der Waals surface area contributed by atoms with Crippen LogP contribution in [0.25, 0.3) is 16.3 Å². The number of ether oxygens (including phenoxy) is 1. The molecule has 0 saturated heterocycles. The van der Waals surface area contributed by atoms with Gasteiger partial charge in [0.25, 0.3) is 5.01 Å². The molecule has 2 aromatic rings. The van der Waals surface area contributed by atoms with Gasteiger partial charge < -0.3 is 9.29 Å². The molecular weight excluding hydrogens is 382 g/mol. The summed E-state index contributed by atoms with van der Waals surface area (Å²) < 4.78 is 40.8. The summed E-state index contributed by atoms with van der Waals surface area (Å²) in [6.07, 6.45) is 5.92. The zero-order chi connectivity index (χ0) is 18.3. The molecule has 0 bridgehead atoms. The zero-order valence-corrected chi connectivity index (χ0v) is 16.5. The molecule has 0 unspecified atom stereocenters. The van der Waals surface area contributed by atoms with Crippen LogP contribution >= 0.6 is 22.9 Å². The molecule has 8 heteroatoms. The lowest BCUT2D eigenvalue weighted by molar-refractivity contribution is -0.669. The van der Waals surface area contributed by atoms with Crippen LogP contribution < -0.4 is 4.57 Å². The van der Waals surface area contributed by atoms with Gasteiger partial charge in [-0.25, -0.2) is 8.42 Å². The van der Waals surface area contributed by atoms with Crippen molar-refractivity contribution in [3.63, 3.8) is 0 Å². The Morgan fingerprint density at radius 1 is 1.36 bits per heavy atom. The van der Waals surface area contributed by atoms with Crippen LogP contribution in [0.4, 0.5) is 0 Å². The molecule has 0 amide bonds. The van der Waals surface area contributed by atoms with Crippen LogP contribution in [0.3, 0.4) is 0 Å². The van der Waals surface area contributed by atoms with Gasteiger partial charge in [-0.1, -0.05) is 29.0 Å². The number of aryl methyl sites for hydroxylation is 1. The molecule has 0 spiro atoms. The SMILES string of the molecule is CCOCCC=Cc1sc2ccc(Cl)cc2[n+]1CCCCS(=O)(=O)[O-]. The van der Waals surface area contributed by atoms with Gasteiger partial charge in [0.05, 0.1) is 16.7 Å². The number of hydrogen-bond acceptors (Lipinski definition) is 5. The number of benzene rings is 1. The fourth-order valence-electron chi connectivity index (χ4n) is 2.46. The Morgan fingerprint density at radius 3 is 2.88 bits per heavy atom. The molecule has 2 rings (SSSR count). The molecule has 0 aliphatic carbocycles. The minimum atomic E-state index is -4.15. The molecule has 0 aliphatic rings. The molecule has 0 atom stereocenters. The van der Waals surface area contributed by atoms with Crippen molar-refractivity contribution in [1.29, 1.82) is 0 Å². The largest absolute Gasteiger partial charge is 0.748 e. The highest BCUT2D eigenvalue weighted by molar-refractivity contribution is 7.85. The number of fused-ring (bicyclic) bond motifs is 1. The summed E-state index contributed by atoms with van der Waals surface area (Å²) in [5.74, 6) is -0.323. The second kappa shape index (κ2) is 9.64. The van der Waals surface area contributed by atoms with E-state index in [4.69, 9.17) is 16.3 Å². The van der Waals surface area contributed by atoms with Crippen molar-refractivity contribution in [2.24, 2.45) is 0 Å². The first-order chi connectivity index (χ1) is 11.9. The van der Waals surface area contributed by atoms with Crippen LogP contribution in [0.1, 0.15) is 31.2 Å². The van der Waals surface area contributed by atoms with Gasteiger partial charge in [-0.15, -0.1) is 0 Å². The summed E-state index contributed by atoms with van der Waals surface area (Å²) in [4.78, 5) is 0. The van der Waals surface area contributed by atoms with Crippen LogP contribution in [-0.2, 0) is 21.4 Å². The third kappa shape index (κ3) is 6.67. The van der Waals surface area contributed by atoms with E-state index >= 15 is 0 Å². The van der Waals surface area contributed by atoms with Crippen molar-refractivity contribution in [2.75, 3.05) is 19.0 Å². The van der Waals surface area contributed by atoms with Gasteiger partial charge in [0, 0.05) is 35.9 Å². The predicted octanol–water partition coefficient (Wildman–Crippen LogP) is 3.61. The molecular formula is C17H22ClNO4S2. The quantitative estimate of drug-likeness (QED) is 0.345. The van der Waals surface area contributed by atoms with Crippen LogP contribution in [0.2, 0.25) is 5.02 Å². The lowest BCUT2D eigenvalue weighted by Crippen LogP contribution is -2.35. The Kier molecular flexibility index (Phi) is 7.83. The molecule has 0 fully saturated rings. The molecule has 1 aromatic carbocycles. The second-order valence-corrected chi connectivity index (χ2v) is 8.58. The summed E-state index contributed by atoms with van der Waals surface area (Å²) >= 11 is 7.78. The maximum absolute atomic E-state index is 10.7. The number of rotatable bonds is 10. The molecule has 1 aromatic heterocycles. The van der Waals surface area contributed by atoms with Crippen molar-refractivity contribution >= 4 is 49.3 Å². The third-order valence-electron chi connectivity index (χ3n) is 3.61. The van der Waals surface area contributed by atoms with E-state index in [1.807, 2.05) is 25.1 Å². The minimum absolute atomic E-state index is 0.323. The summed E-state index contributed by atoms with van der Waals surface area (Å²) in [7, 11) is -4.15. The van der Waals surface area contributed by atoms with Crippen molar-refractivity contribution in [2.45, 2.75) is 32.7 Å². The molecule has 5 nitrogen and oxygen atoms in total. The third-order valence-corrected chi connectivity index (χ3v) is 5.77. The second-order valence-electron chi connectivity index (χ2n) is 5.56. The van der Waals surface area contributed by atoms with Crippen LogP contribution in [0, 0.1) is 0 Å². The van der Waals surface area contributed by atoms with E-state index in [1.54, 1.807) is 11.3 Å². The van der Waals surface area contributed by atoms with Crippen molar-refractivity contribution in [3.8, 4) is 0 Å². The Morgan fingerprint density at radius 2 is 2.16 bits per heavy atom. The zero-order valence-electron chi connectivity index (χ0n) is 14.1. The Hall–Kier alpha value is -0.990. The van der Waals surface area contributed by atoms with E-state index < -0.39 is 10.1 Å². The fourth-order valence-corrected chi connectivity index (χ4v) is 4.28. The topological polar surface area (TPSA) is 70.3 Å². The molecule has 138 valence electrons. The van der Waals surface area contributed by atoms with Gasteiger partial charge in [0.15, 0.2) is 6.54 Å². The van der Waals surface area contributed by atoms with E-state index in [0.29, 0.717) is 37.6 Å². The van der Waals surface area contributed by atoms with E-state index in [2.05, 4.69) is 16.7 Å². The lowest BCUT2D eigenvalue weighted by Gasteiger charge is -2.04. The van der Waals surface area contributed by atoms with Crippen molar-refractivity contribution < 1.29 is 22.3 Å². The number of unbranched alkanes of at least 4 members (excludes halogenated alkanes) is 1. The first-order valence-electron chi connectivity index (χ1n) is 8.20. The standard InChI is InChI=1S/C17H22ClNO4S2/c1-2-23-11-5-3-7-17-19(10-4-6-12-25(20,21)22)15-13-14(18)8-9-16(15)24-17/h3,7-9,13H,2,4-6,10-12H2,1H3. The first kappa shape index (κ1) is 20.3. The molecule has 0 N–H and O–H groups in total. The highest BCUT2D eigenvalue weighted by Crippen LogP contribution is 2.25. The van der Waals surface area contributed by atoms with Crippen LogP contribution in [-0.4, -0.2) is 31.9 Å². The minimum Gasteiger partial charge on any atom is -0.748 e. The highest BCUT2D eigenvalue weighted by Gasteiger charge is 2.18. The van der Waals surface area contributed by atoms with Gasteiger partial charge in [0.2, 0.25) is 5.52 Å². The predicted molar refractivity (Wildman–Crippen MR) is 101 cm³/mol. The molecule has 0 aliphatic heterocycles.